The summed E-state index contributed by atoms with van der Waals surface area (Å²) in [6.45, 7) is 9.52. The molecule has 0 saturated carbocycles. The first kappa shape index (κ1) is 49.2. The smallest absolute Gasteiger partial charge is 0.483 e. The van der Waals surface area contributed by atoms with Crippen molar-refractivity contribution in [2.24, 2.45) is 0 Å². The van der Waals surface area contributed by atoms with Crippen molar-refractivity contribution < 1.29 is 75.0 Å². The topological polar surface area (TPSA) is 327 Å². The zero-order chi connectivity index (χ0) is 33.3. The molecule has 0 spiro atoms. The average Bonchev–Trinajstić information content (AvgIpc) is 2.86. The average molecular weight is 773 g/mol. The van der Waals surface area contributed by atoms with Gasteiger partial charge in [0.25, 0.3) is 11.8 Å². The van der Waals surface area contributed by atoms with Gasteiger partial charge in [-0.15, -0.1) is 0 Å². The standard InChI is InChI=1S/C21H27N3O3.C2H3N.Gd.3NO3.H2O/c1-15(2)24(16(3)4)20(25)14-27-19-11-6-5-10-18(19)21(26)23-13-17-9-7-8-12-22-17;1-2-3;;3*2-1(3)4;/h5-12,15-16H,13-14H2,1-4H3,(H,23,26);1H3;;;;;1H2/q;;+3;3*-1;/p+1. The first-order valence-electron chi connectivity index (χ1n) is 11.5. The summed E-state index contributed by atoms with van der Waals surface area (Å²) >= 11 is 0. The van der Waals surface area contributed by atoms with Crippen LogP contribution in [0.1, 0.15) is 50.7 Å². The molecule has 21 heteroatoms. The predicted octanol–water partition coefficient (Wildman–Crippen LogP) is 1.93. The Morgan fingerprint density at radius 2 is 1.32 bits per heavy atom. The van der Waals surface area contributed by atoms with E-state index in [4.69, 9.17) is 56.0 Å². The zero-order valence-electron chi connectivity index (χ0n) is 24.2. The summed E-state index contributed by atoms with van der Waals surface area (Å²) in [5, 5.41) is 54.4. The molecule has 245 valence electrons. The molecule has 1 radical (unpaired) electrons. The third kappa shape index (κ3) is 30.4. The molecule has 2 amide bonds. The number of amides is 2. The number of nitrogens with one attached hydrogen (secondary N) is 1. The van der Waals surface area contributed by atoms with Gasteiger partial charge in [0.1, 0.15) is 5.75 Å². The summed E-state index contributed by atoms with van der Waals surface area (Å²) in [5.74, 6) is 0.00815. The molecular weight excluding hydrogens is 740 g/mol. The Labute approximate surface area is 283 Å². The van der Waals surface area contributed by atoms with Crippen molar-refractivity contribution in [3.63, 3.8) is 0 Å². The maximum absolute atomic E-state index is 12.5. The van der Waals surface area contributed by atoms with Crippen LogP contribution in [0.25, 0.3) is 0 Å². The van der Waals surface area contributed by atoms with Crippen molar-refractivity contribution >= 4 is 11.8 Å². The number of nitriles is 1. The summed E-state index contributed by atoms with van der Waals surface area (Å²) in [6.07, 6.45) is 1.68. The predicted molar refractivity (Wildman–Crippen MR) is 152 cm³/mol. The number of pyridine rings is 1. The van der Waals surface area contributed by atoms with Crippen LogP contribution in [0.2, 0.25) is 0 Å². The van der Waals surface area contributed by atoms with Crippen molar-refractivity contribution in [1.29, 1.82) is 5.26 Å². The van der Waals surface area contributed by atoms with E-state index in [0.29, 0.717) is 17.9 Å². The van der Waals surface area contributed by atoms with Crippen molar-refractivity contribution in [2.75, 3.05) is 6.61 Å². The molecule has 1 aromatic heterocycles. The number of hydrogen-bond acceptors (Lipinski definition) is 14. The van der Waals surface area contributed by atoms with E-state index in [1.54, 1.807) is 41.4 Å². The van der Waals surface area contributed by atoms with Crippen molar-refractivity contribution in [1.82, 2.24) is 15.2 Å². The van der Waals surface area contributed by atoms with E-state index < -0.39 is 15.3 Å². The maximum Gasteiger partial charge on any atom is 3.00 e. The van der Waals surface area contributed by atoms with Crippen LogP contribution in [0, 0.1) is 97.2 Å². The fraction of sp³-hybridized carbons (Fsp3) is 0.391. The summed E-state index contributed by atoms with van der Waals surface area (Å²) < 4.78 is 5.69. The SMILES string of the molecule is CC#N.CC(C)N(C(=O)COc1ccccc1C(=O)NCc1ccccn1)C(C)C.O=[N+]([O-])[O-].O=[N+]([O-])[O-].O=[N+]([O-])[O-].[Gd+3].[OH3+]. The maximum atomic E-state index is 12.5. The Balaban J connectivity index is -0.000000250. The van der Waals surface area contributed by atoms with Gasteiger partial charge in [0.2, 0.25) is 0 Å². The molecule has 1 aromatic carbocycles. The van der Waals surface area contributed by atoms with Gasteiger partial charge in [-0.25, -0.2) is 0 Å². The molecule has 0 aliphatic carbocycles. The van der Waals surface area contributed by atoms with Gasteiger partial charge < -0.3 is 66.4 Å². The van der Waals surface area contributed by atoms with E-state index >= 15 is 0 Å². The van der Waals surface area contributed by atoms with E-state index in [9.17, 15) is 9.59 Å². The number of nitrogens with zero attached hydrogens (tertiary/aromatic N) is 6. The van der Waals surface area contributed by atoms with Gasteiger partial charge in [0, 0.05) is 25.2 Å². The first-order valence-corrected chi connectivity index (χ1v) is 11.5. The van der Waals surface area contributed by atoms with Gasteiger partial charge in [0.05, 0.1) is 39.1 Å². The molecule has 1 heterocycles. The molecule has 2 rings (SSSR count). The Kier molecular flexibility index (Phi) is 33.5. The Morgan fingerprint density at radius 1 is 0.909 bits per heavy atom. The van der Waals surface area contributed by atoms with Crippen LogP contribution in [0.3, 0.4) is 0 Å². The molecule has 0 unspecified atom stereocenters. The van der Waals surface area contributed by atoms with Crippen LogP contribution in [-0.2, 0) is 16.8 Å². The number of ether oxygens (including phenoxy) is 1. The van der Waals surface area contributed by atoms with Crippen LogP contribution < -0.4 is 10.1 Å². The van der Waals surface area contributed by atoms with Crippen LogP contribution >= 0.6 is 0 Å². The second-order valence-electron chi connectivity index (χ2n) is 7.67. The van der Waals surface area contributed by atoms with Crippen LogP contribution in [0.4, 0.5) is 0 Å². The van der Waals surface area contributed by atoms with Crippen LogP contribution in [-0.4, -0.2) is 55.6 Å². The fourth-order valence-electron chi connectivity index (χ4n) is 2.94. The van der Waals surface area contributed by atoms with Crippen LogP contribution in [0.5, 0.6) is 5.75 Å². The molecule has 0 fully saturated rings. The molecular formula is C23H33GdN7O13+. The molecule has 2 aromatic rings. The molecule has 4 N–H and O–H groups in total. The number of hydrogen-bond donors (Lipinski definition) is 1. The summed E-state index contributed by atoms with van der Waals surface area (Å²) in [6, 6.07) is 14.4. The van der Waals surface area contributed by atoms with E-state index in [1.807, 2.05) is 45.9 Å². The Morgan fingerprint density at radius 3 is 1.70 bits per heavy atom. The minimum atomic E-state index is -1.75. The fourth-order valence-corrected chi connectivity index (χ4v) is 2.94. The molecule has 44 heavy (non-hydrogen) atoms. The Bertz CT molecular complexity index is 1100. The second kappa shape index (κ2) is 30.0. The van der Waals surface area contributed by atoms with Gasteiger partial charge in [0.15, 0.2) is 6.61 Å². The minimum absolute atomic E-state index is 0. The number of rotatable bonds is 8. The number of benzene rings is 1. The van der Waals surface area contributed by atoms with Gasteiger partial charge in [-0.1, -0.05) is 18.2 Å². The van der Waals surface area contributed by atoms with Crippen molar-refractivity contribution in [2.45, 2.75) is 53.2 Å². The largest absolute Gasteiger partial charge is 3.00 e. The van der Waals surface area contributed by atoms with E-state index in [0.717, 1.165) is 5.69 Å². The molecule has 0 bridgehead atoms. The number of para-hydroxylation sites is 1. The summed E-state index contributed by atoms with van der Waals surface area (Å²) in [7, 11) is 0. The molecule has 0 atom stereocenters. The van der Waals surface area contributed by atoms with Crippen molar-refractivity contribution in [3.05, 3.63) is 106 Å². The van der Waals surface area contributed by atoms with Gasteiger partial charge in [-0.2, -0.15) is 5.26 Å². The number of carbonyl (C=O) groups is 2. The molecule has 20 nitrogen and oxygen atoms in total. The second-order valence-corrected chi connectivity index (χ2v) is 7.67. The van der Waals surface area contributed by atoms with E-state index in [-0.39, 0.29) is 75.9 Å². The van der Waals surface area contributed by atoms with Crippen molar-refractivity contribution in [3.8, 4) is 11.8 Å². The van der Waals surface area contributed by atoms with E-state index in [1.165, 1.54) is 6.92 Å². The molecule has 0 aliphatic heterocycles. The number of carbonyl (C=O) groups excluding carboxylic acids is 2. The van der Waals surface area contributed by atoms with Crippen LogP contribution in [0.15, 0.2) is 48.7 Å². The van der Waals surface area contributed by atoms with E-state index in [2.05, 4.69) is 10.3 Å². The monoisotopic (exact) mass is 773 g/mol. The third-order valence-corrected chi connectivity index (χ3v) is 4.04. The quantitative estimate of drug-likeness (QED) is 0.228. The molecule has 0 saturated heterocycles. The van der Waals surface area contributed by atoms with Gasteiger partial charge in [-0.05, 0) is 52.0 Å². The minimum Gasteiger partial charge on any atom is -0.483 e. The Hall–Kier alpha value is -4.52. The number of aromatic nitrogens is 1. The van der Waals surface area contributed by atoms with Gasteiger partial charge in [-0.3, -0.25) is 14.6 Å². The zero-order valence-corrected chi connectivity index (χ0v) is 26.5. The van der Waals surface area contributed by atoms with Gasteiger partial charge >= 0.3 is 39.9 Å². The summed E-state index contributed by atoms with van der Waals surface area (Å²) in [4.78, 5) is 55.7. The first-order chi connectivity index (χ1) is 19.5. The normalized spacial score (nSPS) is 8.41. The molecule has 0 aliphatic rings. The third-order valence-electron chi connectivity index (χ3n) is 4.04. The summed E-state index contributed by atoms with van der Waals surface area (Å²) in [5.41, 5.74) is 1.16.